The second-order valence-corrected chi connectivity index (χ2v) is 9.49. The molecule has 1 aromatic heterocycles. The van der Waals surface area contributed by atoms with Crippen LogP contribution in [0.2, 0.25) is 0 Å². The molecule has 2 N–H and O–H groups in total. The summed E-state index contributed by atoms with van der Waals surface area (Å²) in [7, 11) is -0.837. The zero-order chi connectivity index (χ0) is 15.9. The Bertz CT molecular complexity index is 489. The Balaban J connectivity index is 2.47. The lowest BCUT2D eigenvalue weighted by molar-refractivity contribution is 0.647. The van der Waals surface area contributed by atoms with Gasteiger partial charge in [0.1, 0.15) is 0 Å². The first kappa shape index (κ1) is 18.2. The van der Waals surface area contributed by atoms with Crippen molar-refractivity contribution in [2.24, 2.45) is 4.99 Å². The van der Waals surface area contributed by atoms with E-state index in [0.717, 1.165) is 12.5 Å². The Morgan fingerprint density at radius 2 is 2.05 bits per heavy atom. The lowest BCUT2D eigenvalue weighted by Crippen LogP contribution is -2.40. The van der Waals surface area contributed by atoms with Crippen LogP contribution < -0.4 is 10.6 Å². The number of aliphatic imine (C=N–C) groups is 1. The minimum atomic E-state index is -0.837. The summed E-state index contributed by atoms with van der Waals surface area (Å²) in [6, 6.07) is 4.23. The number of guanidine groups is 1. The van der Waals surface area contributed by atoms with Gasteiger partial charge in [0, 0.05) is 44.1 Å². The molecule has 0 amide bonds. The normalized spacial score (nSPS) is 14.0. The molecule has 1 aromatic rings. The summed E-state index contributed by atoms with van der Waals surface area (Å²) in [6.07, 6.45) is 0. The van der Waals surface area contributed by atoms with Crippen molar-refractivity contribution in [1.29, 1.82) is 0 Å². The highest BCUT2D eigenvalue weighted by Gasteiger charge is 2.18. The number of rotatable bonds is 6. The molecule has 0 saturated heterocycles. The highest BCUT2D eigenvalue weighted by molar-refractivity contribution is 7.86. The smallest absolute Gasteiger partial charge is 0.191 e. The quantitative estimate of drug-likeness (QED) is 0.623. The molecule has 0 saturated carbocycles. The minimum absolute atomic E-state index is 0.161. The fraction of sp³-hybridized carbons (Fsp3) is 0.667. The molecule has 0 aliphatic rings. The predicted molar refractivity (Wildman–Crippen MR) is 94.6 cm³/mol. The van der Waals surface area contributed by atoms with Crippen LogP contribution in [0, 0.1) is 6.92 Å². The van der Waals surface area contributed by atoms with Gasteiger partial charge in [-0.1, -0.05) is 0 Å². The van der Waals surface area contributed by atoms with Crippen molar-refractivity contribution in [3.8, 4) is 0 Å². The summed E-state index contributed by atoms with van der Waals surface area (Å²) in [5, 5.41) is 6.47. The van der Waals surface area contributed by atoms with Gasteiger partial charge >= 0.3 is 0 Å². The third-order valence-corrected chi connectivity index (χ3v) is 5.72. The van der Waals surface area contributed by atoms with Gasteiger partial charge in [-0.3, -0.25) is 4.21 Å². The summed E-state index contributed by atoms with van der Waals surface area (Å²) < 4.78 is 11.8. The molecule has 0 radical (unpaired) electrons. The van der Waals surface area contributed by atoms with E-state index < -0.39 is 10.8 Å². The summed E-state index contributed by atoms with van der Waals surface area (Å²) in [5.41, 5.74) is 0. The fourth-order valence-electron chi connectivity index (χ4n) is 1.64. The molecule has 1 heterocycles. The van der Waals surface area contributed by atoms with E-state index in [4.69, 9.17) is 0 Å². The molecule has 0 aromatic carbocycles. The third-order valence-electron chi connectivity index (χ3n) is 2.80. The van der Waals surface area contributed by atoms with Crippen LogP contribution in [-0.2, 0) is 17.3 Å². The zero-order valence-electron chi connectivity index (χ0n) is 13.7. The largest absolute Gasteiger partial charge is 0.357 e. The molecular weight excluding hydrogens is 302 g/mol. The minimum Gasteiger partial charge on any atom is -0.357 e. The summed E-state index contributed by atoms with van der Waals surface area (Å²) in [4.78, 5) is 7.12. The van der Waals surface area contributed by atoms with E-state index in [-0.39, 0.29) is 4.75 Å². The maximum absolute atomic E-state index is 12.0. The van der Waals surface area contributed by atoms with E-state index in [2.05, 4.69) is 34.7 Å². The van der Waals surface area contributed by atoms with E-state index >= 15 is 0 Å². The van der Waals surface area contributed by atoms with Gasteiger partial charge in [0.2, 0.25) is 0 Å². The number of aryl methyl sites for hydroxylation is 1. The average Bonchev–Trinajstić information content (AvgIpc) is 2.80. The van der Waals surface area contributed by atoms with Gasteiger partial charge in [-0.25, -0.2) is 4.99 Å². The topological polar surface area (TPSA) is 53.5 Å². The number of hydrogen-bond donors (Lipinski definition) is 2. The van der Waals surface area contributed by atoms with E-state index in [9.17, 15) is 4.21 Å². The molecule has 0 aliphatic carbocycles. The van der Waals surface area contributed by atoms with Crippen LogP contribution in [0.3, 0.4) is 0 Å². The molecule has 0 fully saturated rings. The predicted octanol–water partition coefficient (Wildman–Crippen LogP) is 2.66. The second kappa shape index (κ2) is 8.54. The van der Waals surface area contributed by atoms with Crippen LogP contribution in [-0.4, -0.2) is 33.8 Å². The Labute approximate surface area is 134 Å². The second-order valence-electron chi connectivity index (χ2n) is 5.80. The van der Waals surface area contributed by atoms with Crippen LogP contribution in [0.15, 0.2) is 17.1 Å². The lowest BCUT2D eigenvalue weighted by Gasteiger charge is -2.18. The van der Waals surface area contributed by atoms with Gasteiger partial charge < -0.3 is 10.6 Å². The van der Waals surface area contributed by atoms with Gasteiger partial charge in [0.15, 0.2) is 5.96 Å². The monoisotopic (exact) mass is 329 g/mol. The first-order chi connectivity index (χ1) is 9.82. The SMILES string of the molecule is CCNC(=NCc1ccc(C)s1)NCCS(=O)C(C)(C)C. The summed E-state index contributed by atoms with van der Waals surface area (Å²) in [5.74, 6) is 1.42. The summed E-state index contributed by atoms with van der Waals surface area (Å²) >= 11 is 1.77. The Hall–Kier alpha value is -0.880. The molecule has 120 valence electrons. The molecule has 0 bridgehead atoms. The fourth-order valence-corrected chi connectivity index (χ4v) is 3.35. The van der Waals surface area contributed by atoms with Crippen molar-refractivity contribution in [2.75, 3.05) is 18.8 Å². The van der Waals surface area contributed by atoms with Crippen LogP contribution >= 0.6 is 11.3 Å². The van der Waals surface area contributed by atoms with Crippen molar-refractivity contribution in [1.82, 2.24) is 10.6 Å². The molecule has 0 spiro atoms. The van der Waals surface area contributed by atoms with E-state index in [1.54, 1.807) is 11.3 Å². The van der Waals surface area contributed by atoms with E-state index in [1.807, 2.05) is 27.7 Å². The van der Waals surface area contributed by atoms with Gasteiger partial charge in [0.25, 0.3) is 0 Å². The number of hydrogen-bond acceptors (Lipinski definition) is 3. The van der Waals surface area contributed by atoms with E-state index in [1.165, 1.54) is 9.75 Å². The van der Waals surface area contributed by atoms with Gasteiger partial charge in [0.05, 0.1) is 6.54 Å². The van der Waals surface area contributed by atoms with Gasteiger partial charge in [-0.15, -0.1) is 11.3 Å². The lowest BCUT2D eigenvalue weighted by atomic mass is 10.3. The molecule has 1 unspecified atom stereocenters. The molecule has 0 aliphatic heterocycles. The van der Waals surface area contributed by atoms with Crippen LogP contribution in [0.25, 0.3) is 0 Å². The number of thiophene rings is 1. The zero-order valence-corrected chi connectivity index (χ0v) is 15.3. The molecule has 1 atom stereocenters. The van der Waals surface area contributed by atoms with E-state index in [0.29, 0.717) is 18.8 Å². The summed E-state index contributed by atoms with van der Waals surface area (Å²) in [6.45, 7) is 12.3. The van der Waals surface area contributed by atoms with Crippen molar-refractivity contribution in [3.05, 3.63) is 21.9 Å². The highest BCUT2D eigenvalue weighted by atomic mass is 32.2. The van der Waals surface area contributed by atoms with Crippen molar-refractivity contribution in [3.63, 3.8) is 0 Å². The van der Waals surface area contributed by atoms with Crippen LogP contribution in [0.4, 0.5) is 0 Å². The maximum Gasteiger partial charge on any atom is 0.191 e. The molecular formula is C15H27N3OS2. The third kappa shape index (κ3) is 7.09. The van der Waals surface area contributed by atoms with Crippen molar-refractivity contribution < 1.29 is 4.21 Å². The van der Waals surface area contributed by atoms with Gasteiger partial charge in [-0.05, 0) is 46.8 Å². The first-order valence-corrected chi connectivity index (χ1v) is 9.42. The number of nitrogens with zero attached hydrogens (tertiary/aromatic N) is 1. The average molecular weight is 330 g/mol. The first-order valence-electron chi connectivity index (χ1n) is 7.29. The Morgan fingerprint density at radius 1 is 1.33 bits per heavy atom. The standard InChI is InChI=1S/C15H27N3OS2/c1-6-16-14(17-9-10-21(19)15(3,4)5)18-11-13-8-7-12(2)20-13/h7-8H,6,9-11H2,1-5H3,(H2,16,17,18). The molecule has 4 nitrogen and oxygen atoms in total. The van der Waals surface area contributed by atoms with Crippen LogP contribution in [0.1, 0.15) is 37.4 Å². The highest BCUT2D eigenvalue weighted by Crippen LogP contribution is 2.15. The maximum atomic E-state index is 12.0. The van der Waals surface area contributed by atoms with Crippen molar-refractivity contribution >= 4 is 28.1 Å². The van der Waals surface area contributed by atoms with Crippen molar-refractivity contribution in [2.45, 2.75) is 45.9 Å². The molecule has 6 heteroatoms. The Morgan fingerprint density at radius 3 is 2.57 bits per heavy atom. The number of nitrogens with one attached hydrogen (secondary N) is 2. The molecule has 1 rings (SSSR count). The van der Waals surface area contributed by atoms with Gasteiger partial charge in [-0.2, -0.15) is 0 Å². The molecule has 21 heavy (non-hydrogen) atoms. The van der Waals surface area contributed by atoms with Crippen LogP contribution in [0.5, 0.6) is 0 Å². The Kier molecular flexibility index (Phi) is 7.39.